The van der Waals surface area contributed by atoms with Crippen LogP contribution in [-0.2, 0) is 4.74 Å². The molecule has 7 N–H and O–H groups in total. The van der Waals surface area contributed by atoms with Crippen LogP contribution in [0.25, 0.3) is 22.5 Å². The molecule has 2 aromatic carbocycles. The Kier molecular flexibility index (Phi) is 7.46. The minimum atomic E-state index is -1.42. The molecule has 0 spiro atoms. The lowest BCUT2D eigenvalue weighted by atomic mass is 9.99. The molecule has 0 saturated heterocycles. The van der Waals surface area contributed by atoms with Crippen molar-refractivity contribution in [1.82, 2.24) is 5.43 Å². The Morgan fingerprint density at radius 2 is 1.58 bits per heavy atom. The second kappa shape index (κ2) is 10.3. The molecule has 1 heterocycles. The quantitative estimate of drug-likeness (QED) is 0.179. The molecular weight excluding hydrogens is 442 g/mol. The van der Waals surface area contributed by atoms with Crippen LogP contribution in [0.5, 0.6) is 0 Å². The molecular formula is C19H19N5O9. The van der Waals surface area contributed by atoms with Crippen molar-refractivity contribution in [2.45, 2.75) is 0 Å². The van der Waals surface area contributed by atoms with Gasteiger partial charge in [0, 0.05) is 29.8 Å². The summed E-state index contributed by atoms with van der Waals surface area (Å²) in [4.78, 5) is 11.2. The summed E-state index contributed by atoms with van der Waals surface area (Å²) in [5, 5.41) is 63.3. The summed E-state index contributed by atoms with van der Waals surface area (Å²) < 4.78 is 10.1. The van der Waals surface area contributed by atoms with Crippen LogP contribution in [0.15, 0.2) is 58.0 Å². The highest BCUT2D eigenvalue weighted by Crippen LogP contribution is 2.41. The van der Waals surface area contributed by atoms with Crippen molar-refractivity contribution in [3.63, 3.8) is 0 Å². The SMILES string of the molecule is COC(=O)N/N=C/c1oc(-c2cccc([NH+]([O-])O)c2)c(-c2cccc([NH+]([O-])O)c2)c1[NH+]([O-])O. The lowest BCUT2D eigenvalue weighted by Gasteiger charge is -2.15. The fraction of sp³-hybridized carbons (Fsp3) is 0.0526. The minimum absolute atomic E-state index is 0.00709. The standard InChI is InChI=1S/C19H19N5O9/c1-32-19(25)21-20-10-15-17(24(30)31)16(11-4-2-6-13(8-11)22(26)27)18(33-15)12-5-3-7-14(9-12)23(28)29/h2-10,22-24,26,28,30H,1H3,(H,21,25)/b20-10+. The van der Waals surface area contributed by atoms with Gasteiger partial charge in [-0.2, -0.15) is 20.8 Å². The second-order valence-corrected chi connectivity index (χ2v) is 6.48. The molecule has 0 aliphatic rings. The number of rotatable bonds is 7. The summed E-state index contributed by atoms with van der Waals surface area (Å²) in [5.41, 5.74) is 1.90. The van der Waals surface area contributed by atoms with Crippen LogP contribution >= 0.6 is 0 Å². The lowest BCUT2D eigenvalue weighted by Crippen LogP contribution is -2.99. The number of methoxy groups -OCH3 is 1. The zero-order valence-corrected chi connectivity index (χ0v) is 16.9. The number of ether oxygens (including phenoxy) is 1. The van der Waals surface area contributed by atoms with E-state index in [9.17, 15) is 36.0 Å². The third-order valence-electron chi connectivity index (χ3n) is 4.44. The van der Waals surface area contributed by atoms with Gasteiger partial charge in [-0.05, 0) is 5.56 Å². The molecule has 1 amide bonds. The van der Waals surface area contributed by atoms with Gasteiger partial charge in [0.15, 0.2) is 11.4 Å². The number of quaternary nitrogens is 3. The van der Waals surface area contributed by atoms with E-state index in [0.717, 1.165) is 13.3 Å². The van der Waals surface area contributed by atoms with E-state index in [1.54, 1.807) is 0 Å². The number of nitrogens with zero attached hydrogens (tertiary/aromatic N) is 1. The van der Waals surface area contributed by atoms with E-state index in [0.29, 0.717) is 0 Å². The van der Waals surface area contributed by atoms with E-state index in [1.165, 1.54) is 48.5 Å². The highest BCUT2D eigenvalue weighted by atomic mass is 16.8. The summed E-state index contributed by atoms with van der Waals surface area (Å²) >= 11 is 0. The van der Waals surface area contributed by atoms with Gasteiger partial charge in [0.25, 0.3) is 0 Å². The van der Waals surface area contributed by atoms with Gasteiger partial charge in [0.2, 0.25) is 11.4 Å². The van der Waals surface area contributed by atoms with E-state index in [-0.39, 0.29) is 45.3 Å². The highest BCUT2D eigenvalue weighted by molar-refractivity contribution is 5.96. The molecule has 0 aliphatic carbocycles. The summed E-state index contributed by atoms with van der Waals surface area (Å²) in [5.74, 6) is -0.303. The largest absolute Gasteiger partial charge is 0.595 e. The first-order valence-corrected chi connectivity index (χ1v) is 9.17. The Morgan fingerprint density at radius 1 is 1.00 bits per heavy atom. The van der Waals surface area contributed by atoms with Crippen molar-refractivity contribution in [2.75, 3.05) is 7.11 Å². The normalized spacial score (nSPS) is 14.2. The summed E-state index contributed by atoms with van der Waals surface area (Å²) in [6.07, 6.45) is 0.0357. The van der Waals surface area contributed by atoms with Gasteiger partial charge in [-0.3, -0.25) is 0 Å². The zero-order chi connectivity index (χ0) is 24.1. The fourth-order valence-corrected chi connectivity index (χ4v) is 3.02. The Hall–Kier alpha value is -3.70. The number of hydrogen-bond donors (Lipinski definition) is 7. The van der Waals surface area contributed by atoms with Crippen molar-refractivity contribution in [1.29, 1.82) is 0 Å². The first-order valence-electron chi connectivity index (χ1n) is 9.17. The molecule has 174 valence electrons. The topological polar surface area (TPSA) is 207 Å². The number of furan rings is 1. The van der Waals surface area contributed by atoms with Crippen LogP contribution in [0, 0.1) is 15.6 Å². The van der Waals surface area contributed by atoms with Crippen molar-refractivity contribution in [3.05, 3.63) is 69.9 Å². The van der Waals surface area contributed by atoms with Gasteiger partial charge in [-0.25, -0.2) is 25.8 Å². The zero-order valence-electron chi connectivity index (χ0n) is 16.9. The van der Waals surface area contributed by atoms with Crippen LogP contribution in [0.3, 0.4) is 0 Å². The summed E-state index contributed by atoms with van der Waals surface area (Å²) in [6, 6.07) is 11.1. The fourth-order valence-electron chi connectivity index (χ4n) is 3.02. The van der Waals surface area contributed by atoms with E-state index >= 15 is 0 Å². The Morgan fingerprint density at radius 3 is 2.12 bits per heavy atom. The van der Waals surface area contributed by atoms with Gasteiger partial charge in [-0.1, -0.05) is 24.3 Å². The molecule has 0 radical (unpaired) electrons. The number of carbonyl (C=O) groups excluding carboxylic acids is 1. The van der Waals surface area contributed by atoms with Crippen LogP contribution < -0.4 is 21.1 Å². The molecule has 3 atom stereocenters. The van der Waals surface area contributed by atoms with Crippen LogP contribution in [-0.4, -0.2) is 35.0 Å². The molecule has 3 rings (SSSR count). The number of carbonyl (C=O) groups is 1. The summed E-state index contributed by atoms with van der Waals surface area (Å²) in [6.45, 7) is 0. The van der Waals surface area contributed by atoms with Crippen molar-refractivity contribution in [3.8, 4) is 22.5 Å². The third kappa shape index (κ3) is 5.38. The molecule has 14 nitrogen and oxygen atoms in total. The monoisotopic (exact) mass is 461 g/mol. The molecule has 0 saturated carbocycles. The van der Waals surface area contributed by atoms with Crippen LogP contribution in [0.4, 0.5) is 21.9 Å². The van der Waals surface area contributed by atoms with E-state index in [4.69, 9.17) is 4.42 Å². The first kappa shape index (κ1) is 24.0. The number of amides is 1. The van der Waals surface area contributed by atoms with Crippen LogP contribution in [0.2, 0.25) is 0 Å². The predicted molar refractivity (Wildman–Crippen MR) is 110 cm³/mol. The number of hydrogen-bond acceptors (Lipinski definition) is 10. The average Bonchev–Trinajstić information content (AvgIpc) is 3.18. The van der Waals surface area contributed by atoms with Crippen molar-refractivity contribution >= 4 is 29.4 Å². The molecule has 1 aromatic heterocycles. The molecule has 0 bridgehead atoms. The predicted octanol–water partition coefficient (Wildman–Crippen LogP) is -0.486. The number of benzene rings is 2. The maximum Gasteiger partial charge on any atom is 0.427 e. The maximum atomic E-state index is 12.2. The molecule has 3 aromatic rings. The molecule has 0 fully saturated rings. The van der Waals surface area contributed by atoms with Gasteiger partial charge in [0.05, 0.1) is 18.9 Å². The number of hydrazone groups is 1. The van der Waals surface area contributed by atoms with Crippen molar-refractivity contribution < 1.29 is 45.2 Å². The molecule has 0 aliphatic heterocycles. The Labute approximate surface area is 185 Å². The van der Waals surface area contributed by atoms with E-state index in [1.807, 2.05) is 5.43 Å². The average molecular weight is 461 g/mol. The molecule has 14 heteroatoms. The second-order valence-electron chi connectivity index (χ2n) is 6.48. The number of nitrogens with one attached hydrogen (secondary N) is 4. The maximum absolute atomic E-state index is 12.2. The van der Waals surface area contributed by atoms with E-state index in [2.05, 4.69) is 9.84 Å². The van der Waals surface area contributed by atoms with E-state index < -0.39 is 21.8 Å². The lowest BCUT2D eigenvalue weighted by molar-refractivity contribution is -0.991. The van der Waals surface area contributed by atoms with Gasteiger partial charge >= 0.3 is 6.09 Å². The van der Waals surface area contributed by atoms with Crippen LogP contribution in [0.1, 0.15) is 5.76 Å². The first-order chi connectivity index (χ1) is 15.7. The Bertz CT molecular complexity index is 1160. The smallest absolute Gasteiger partial charge is 0.427 e. The van der Waals surface area contributed by atoms with Gasteiger partial charge in [0.1, 0.15) is 5.76 Å². The highest BCUT2D eigenvalue weighted by Gasteiger charge is 2.28. The summed E-state index contributed by atoms with van der Waals surface area (Å²) in [7, 11) is 1.11. The Balaban J connectivity index is 2.26. The van der Waals surface area contributed by atoms with Gasteiger partial charge in [-0.15, -0.1) is 0 Å². The minimum Gasteiger partial charge on any atom is -0.595 e. The third-order valence-corrected chi connectivity index (χ3v) is 4.44. The van der Waals surface area contributed by atoms with Crippen molar-refractivity contribution in [2.24, 2.45) is 5.10 Å². The molecule has 33 heavy (non-hydrogen) atoms. The molecule has 3 unspecified atom stereocenters. The van der Waals surface area contributed by atoms with Gasteiger partial charge < -0.3 is 24.8 Å².